The van der Waals surface area contributed by atoms with Crippen molar-refractivity contribution in [3.63, 3.8) is 0 Å². The summed E-state index contributed by atoms with van der Waals surface area (Å²) in [7, 11) is 0. The smallest absolute Gasteiger partial charge is 0.0443 e. The molecule has 2 nitrogen and oxygen atoms in total. The van der Waals surface area contributed by atoms with Gasteiger partial charge in [0.15, 0.2) is 0 Å². The Balaban J connectivity index is 1.73. The van der Waals surface area contributed by atoms with Crippen molar-refractivity contribution in [2.24, 2.45) is 0 Å². The molecule has 0 spiro atoms. The van der Waals surface area contributed by atoms with Gasteiger partial charge in [0, 0.05) is 12.6 Å². The van der Waals surface area contributed by atoms with E-state index < -0.39 is 0 Å². The minimum absolute atomic E-state index is 0.293. The van der Waals surface area contributed by atoms with Gasteiger partial charge in [-0.1, -0.05) is 29.8 Å². The van der Waals surface area contributed by atoms with Crippen LogP contribution >= 0.6 is 0 Å². The first-order valence-corrected chi connectivity index (χ1v) is 6.20. The van der Waals surface area contributed by atoms with Crippen molar-refractivity contribution in [3.05, 3.63) is 35.4 Å². The van der Waals surface area contributed by atoms with E-state index in [1.165, 1.54) is 24.0 Å². The molecule has 0 atom stereocenters. The summed E-state index contributed by atoms with van der Waals surface area (Å²) in [4.78, 5) is 0. The predicted octanol–water partition coefficient (Wildman–Crippen LogP) is 2.21. The topological polar surface area (TPSA) is 32.3 Å². The molecular formula is C14H21NO. The minimum atomic E-state index is 0.293. The molecule has 0 aliphatic heterocycles. The lowest BCUT2D eigenvalue weighted by molar-refractivity contribution is 0.258. The third-order valence-electron chi connectivity index (χ3n) is 3.45. The molecule has 1 aromatic carbocycles. The van der Waals surface area contributed by atoms with E-state index >= 15 is 0 Å². The van der Waals surface area contributed by atoms with Crippen LogP contribution in [0.1, 0.15) is 36.3 Å². The Morgan fingerprint density at radius 3 is 2.56 bits per heavy atom. The summed E-state index contributed by atoms with van der Waals surface area (Å²) in [5, 5.41) is 12.2. The molecule has 1 aromatic rings. The van der Waals surface area contributed by atoms with E-state index in [2.05, 4.69) is 36.5 Å². The maximum atomic E-state index is 8.69. The molecule has 0 saturated heterocycles. The molecule has 16 heavy (non-hydrogen) atoms. The summed E-state index contributed by atoms with van der Waals surface area (Å²) in [6, 6.07) is 9.57. The predicted molar refractivity (Wildman–Crippen MR) is 66.6 cm³/mol. The van der Waals surface area contributed by atoms with Crippen LogP contribution in [0.2, 0.25) is 0 Å². The first-order valence-electron chi connectivity index (χ1n) is 6.20. The molecule has 0 aromatic heterocycles. The molecule has 1 aliphatic carbocycles. The average molecular weight is 219 g/mol. The second kappa shape index (κ2) is 5.46. The minimum Gasteiger partial charge on any atom is -0.396 e. The van der Waals surface area contributed by atoms with Crippen molar-refractivity contribution < 1.29 is 5.11 Å². The van der Waals surface area contributed by atoms with Gasteiger partial charge in [0.25, 0.3) is 0 Å². The molecule has 0 unspecified atom stereocenters. The number of nitrogens with one attached hydrogen (secondary N) is 1. The van der Waals surface area contributed by atoms with E-state index in [-0.39, 0.29) is 0 Å². The van der Waals surface area contributed by atoms with Gasteiger partial charge in [-0.05, 0) is 44.2 Å². The van der Waals surface area contributed by atoms with Crippen LogP contribution in [0.5, 0.6) is 0 Å². The van der Waals surface area contributed by atoms with Crippen LogP contribution in [0.15, 0.2) is 24.3 Å². The van der Waals surface area contributed by atoms with E-state index in [0.29, 0.717) is 12.6 Å². The van der Waals surface area contributed by atoms with Gasteiger partial charge in [0.05, 0.1) is 0 Å². The summed E-state index contributed by atoms with van der Waals surface area (Å²) in [6.45, 7) is 3.37. The zero-order valence-electron chi connectivity index (χ0n) is 9.95. The normalized spacial score (nSPS) is 24.1. The zero-order valence-corrected chi connectivity index (χ0v) is 9.95. The molecule has 1 fully saturated rings. The maximum Gasteiger partial charge on any atom is 0.0443 e. The summed E-state index contributed by atoms with van der Waals surface area (Å²) in [5.74, 6) is 0.743. The van der Waals surface area contributed by atoms with Crippen LogP contribution in [-0.2, 0) is 0 Å². The van der Waals surface area contributed by atoms with Crippen molar-refractivity contribution in [1.82, 2.24) is 5.32 Å². The molecule has 2 rings (SSSR count). The Kier molecular flexibility index (Phi) is 3.97. The number of hydrogen-bond donors (Lipinski definition) is 2. The highest BCUT2D eigenvalue weighted by molar-refractivity contribution is 5.26. The number of hydrogen-bond acceptors (Lipinski definition) is 2. The Bertz CT molecular complexity index is 314. The fourth-order valence-corrected chi connectivity index (χ4v) is 2.28. The highest BCUT2D eigenvalue weighted by atomic mass is 16.3. The molecule has 2 heteroatoms. The average Bonchev–Trinajstić information content (AvgIpc) is 2.23. The van der Waals surface area contributed by atoms with Gasteiger partial charge < -0.3 is 10.4 Å². The summed E-state index contributed by atoms with van der Waals surface area (Å²) in [6.07, 6.45) is 3.36. The van der Waals surface area contributed by atoms with Gasteiger partial charge >= 0.3 is 0 Å². The highest BCUT2D eigenvalue weighted by Crippen LogP contribution is 2.36. The number of aliphatic hydroxyl groups excluding tert-OH is 1. The quantitative estimate of drug-likeness (QED) is 0.744. The lowest BCUT2D eigenvalue weighted by Crippen LogP contribution is -2.40. The van der Waals surface area contributed by atoms with Crippen molar-refractivity contribution in [1.29, 1.82) is 0 Å². The molecular weight excluding hydrogens is 198 g/mol. The first-order chi connectivity index (χ1) is 7.79. The monoisotopic (exact) mass is 219 g/mol. The Morgan fingerprint density at radius 1 is 1.25 bits per heavy atom. The van der Waals surface area contributed by atoms with E-state index in [1.807, 2.05) is 0 Å². The largest absolute Gasteiger partial charge is 0.396 e. The second-order valence-electron chi connectivity index (χ2n) is 4.81. The van der Waals surface area contributed by atoms with E-state index in [9.17, 15) is 0 Å². The van der Waals surface area contributed by atoms with Crippen LogP contribution in [0.3, 0.4) is 0 Å². The Labute approximate surface area is 97.7 Å². The maximum absolute atomic E-state index is 8.69. The number of benzene rings is 1. The van der Waals surface area contributed by atoms with Crippen molar-refractivity contribution in [3.8, 4) is 0 Å². The molecule has 2 N–H and O–H groups in total. The lowest BCUT2D eigenvalue weighted by Gasteiger charge is -2.36. The number of aryl methyl sites for hydroxylation is 1. The van der Waals surface area contributed by atoms with Crippen LogP contribution in [-0.4, -0.2) is 24.3 Å². The molecule has 1 aliphatic rings. The lowest BCUT2D eigenvalue weighted by atomic mass is 9.76. The van der Waals surface area contributed by atoms with Crippen LogP contribution in [0, 0.1) is 6.92 Å². The van der Waals surface area contributed by atoms with E-state index in [0.717, 1.165) is 18.9 Å². The summed E-state index contributed by atoms with van der Waals surface area (Å²) in [5.41, 5.74) is 2.81. The van der Waals surface area contributed by atoms with Gasteiger partial charge in [-0.25, -0.2) is 0 Å². The Hall–Kier alpha value is -0.860. The van der Waals surface area contributed by atoms with Crippen molar-refractivity contribution in [2.75, 3.05) is 13.2 Å². The molecule has 0 bridgehead atoms. The Morgan fingerprint density at radius 2 is 1.94 bits per heavy atom. The fourth-order valence-electron chi connectivity index (χ4n) is 2.28. The zero-order chi connectivity index (χ0) is 11.4. The second-order valence-corrected chi connectivity index (χ2v) is 4.81. The molecule has 0 heterocycles. The summed E-state index contributed by atoms with van der Waals surface area (Å²) < 4.78 is 0. The van der Waals surface area contributed by atoms with Gasteiger partial charge in [-0.15, -0.1) is 0 Å². The molecule has 0 amide bonds. The standard InChI is InChI=1S/C14H21NO/c1-11-3-5-12(6-4-11)13-9-14(10-13)15-7-2-8-16/h3-6,13-16H,2,7-10H2,1H3. The third kappa shape index (κ3) is 2.83. The number of aliphatic hydroxyl groups is 1. The van der Waals surface area contributed by atoms with Gasteiger partial charge in [-0.2, -0.15) is 0 Å². The van der Waals surface area contributed by atoms with E-state index in [4.69, 9.17) is 5.11 Å². The summed E-state index contributed by atoms with van der Waals surface area (Å²) >= 11 is 0. The number of rotatable bonds is 5. The van der Waals surface area contributed by atoms with Crippen molar-refractivity contribution >= 4 is 0 Å². The van der Waals surface area contributed by atoms with Gasteiger partial charge in [0.1, 0.15) is 0 Å². The molecule has 88 valence electrons. The van der Waals surface area contributed by atoms with Crippen LogP contribution in [0.4, 0.5) is 0 Å². The van der Waals surface area contributed by atoms with Gasteiger partial charge in [0.2, 0.25) is 0 Å². The van der Waals surface area contributed by atoms with Gasteiger partial charge in [-0.3, -0.25) is 0 Å². The molecule has 1 saturated carbocycles. The van der Waals surface area contributed by atoms with Crippen LogP contribution in [0.25, 0.3) is 0 Å². The van der Waals surface area contributed by atoms with E-state index in [1.54, 1.807) is 0 Å². The highest BCUT2D eigenvalue weighted by Gasteiger charge is 2.29. The fraction of sp³-hybridized carbons (Fsp3) is 0.571. The SMILES string of the molecule is Cc1ccc(C2CC(NCCCO)C2)cc1. The van der Waals surface area contributed by atoms with Crippen LogP contribution < -0.4 is 5.32 Å². The van der Waals surface area contributed by atoms with Crippen molar-refractivity contribution in [2.45, 2.75) is 38.1 Å². The third-order valence-corrected chi connectivity index (χ3v) is 3.45. The molecule has 0 radical (unpaired) electrons. The first kappa shape index (κ1) is 11.6.